The van der Waals surface area contributed by atoms with Crippen LogP contribution in [0.1, 0.15) is 30.5 Å². The molecule has 0 spiro atoms. The van der Waals surface area contributed by atoms with Crippen LogP contribution in [0, 0.1) is 13.8 Å². The third kappa shape index (κ3) is 1.48. The SMILES string of the molecule is Cc1cc(C)c2c(c1)C(C)(C)NS2(=O)=O. The van der Waals surface area contributed by atoms with Crippen LogP contribution in [0.15, 0.2) is 17.0 Å². The summed E-state index contributed by atoms with van der Waals surface area (Å²) in [5.41, 5.74) is 2.30. The lowest BCUT2D eigenvalue weighted by atomic mass is 9.92. The molecule has 0 bridgehead atoms. The number of hydrogen-bond donors (Lipinski definition) is 1. The van der Waals surface area contributed by atoms with Crippen LogP contribution in [0.4, 0.5) is 0 Å². The number of hydrogen-bond acceptors (Lipinski definition) is 2. The van der Waals surface area contributed by atoms with Crippen LogP contribution in [0.3, 0.4) is 0 Å². The summed E-state index contributed by atoms with van der Waals surface area (Å²) >= 11 is 0. The molecule has 0 fully saturated rings. The minimum absolute atomic E-state index is 0.457. The Morgan fingerprint density at radius 3 is 2.40 bits per heavy atom. The number of fused-ring (bicyclic) bond motifs is 1. The second-order valence-corrected chi connectivity index (χ2v) is 6.31. The highest BCUT2D eigenvalue weighted by atomic mass is 32.2. The molecule has 0 saturated heterocycles. The standard InChI is InChI=1S/C11H15NO2S/c1-7-5-8(2)10-9(6-7)11(3,4)12-15(10,13)14/h5-6,12H,1-4H3. The van der Waals surface area contributed by atoms with Crippen LogP contribution in [-0.2, 0) is 15.6 Å². The lowest BCUT2D eigenvalue weighted by Crippen LogP contribution is -2.32. The van der Waals surface area contributed by atoms with Crippen molar-refractivity contribution in [2.45, 2.75) is 38.1 Å². The number of sulfonamides is 1. The van der Waals surface area contributed by atoms with Gasteiger partial charge in [-0.15, -0.1) is 0 Å². The molecule has 0 saturated carbocycles. The normalized spacial score (nSPS) is 21.3. The fraction of sp³-hybridized carbons (Fsp3) is 0.455. The van der Waals surface area contributed by atoms with Crippen LogP contribution in [-0.4, -0.2) is 8.42 Å². The lowest BCUT2D eigenvalue weighted by molar-refractivity contribution is 0.493. The summed E-state index contributed by atoms with van der Waals surface area (Å²) in [4.78, 5) is 0.457. The summed E-state index contributed by atoms with van der Waals surface area (Å²) in [6.07, 6.45) is 0. The van der Waals surface area contributed by atoms with Gasteiger partial charge in [-0.2, -0.15) is 0 Å². The van der Waals surface area contributed by atoms with Gasteiger partial charge in [-0.1, -0.05) is 17.7 Å². The third-order valence-electron chi connectivity index (χ3n) is 2.75. The van der Waals surface area contributed by atoms with Crippen molar-refractivity contribution in [3.8, 4) is 0 Å². The van der Waals surface area contributed by atoms with Gasteiger partial charge in [-0.25, -0.2) is 13.1 Å². The van der Waals surface area contributed by atoms with Gasteiger partial charge in [0.15, 0.2) is 0 Å². The van der Waals surface area contributed by atoms with E-state index < -0.39 is 15.6 Å². The largest absolute Gasteiger partial charge is 0.241 e. The molecule has 1 aliphatic heterocycles. The Morgan fingerprint density at radius 2 is 1.80 bits per heavy atom. The second kappa shape index (κ2) is 2.83. The zero-order valence-electron chi connectivity index (χ0n) is 9.38. The van der Waals surface area contributed by atoms with Crippen molar-refractivity contribution >= 4 is 10.0 Å². The Bertz CT molecular complexity index is 530. The van der Waals surface area contributed by atoms with Gasteiger partial charge in [0, 0.05) is 0 Å². The summed E-state index contributed by atoms with van der Waals surface area (Å²) in [5.74, 6) is 0. The summed E-state index contributed by atoms with van der Waals surface area (Å²) in [7, 11) is -3.31. The molecule has 2 rings (SSSR count). The topological polar surface area (TPSA) is 46.2 Å². The fourth-order valence-corrected chi connectivity index (χ4v) is 4.19. The molecule has 15 heavy (non-hydrogen) atoms. The number of aryl methyl sites for hydroxylation is 2. The van der Waals surface area contributed by atoms with Crippen LogP contribution < -0.4 is 4.72 Å². The van der Waals surface area contributed by atoms with E-state index in [1.165, 1.54) is 0 Å². The third-order valence-corrected chi connectivity index (χ3v) is 4.61. The molecule has 0 aromatic heterocycles. The highest BCUT2D eigenvalue weighted by Crippen LogP contribution is 2.37. The van der Waals surface area contributed by atoms with Gasteiger partial charge in [0.1, 0.15) is 0 Å². The van der Waals surface area contributed by atoms with Gasteiger partial charge in [-0.3, -0.25) is 0 Å². The molecule has 82 valence electrons. The summed E-state index contributed by atoms with van der Waals surface area (Å²) in [6.45, 7) is 7.59. The van der Waals surface area contributed by atoms with Crippen LogP contribution in [0.25, 0.3) is 0 Å². The minimum Gasteiger partial charge on any atom is -0.207 e. The van der Waals surface area contributed by atoms with Crippen molar-refractivity contribution in [1.29, 1.82) is 0 Å². The molecule has 1 N–H and O–H groups in total. The lowest BCUT2D eigenvalue weighted by Gasteiger charge is -2.17. The zero-order valence-corrected chi connectivity index (χ0v) is 10.2. The summed E-state index contributed by atoms with van der Waals surface area (Å²) < 4.78 is 26.5. The molecule has 0 unspecified atom stereocenters. The van der Waals surface area contributed by atoms with Crippen molar-refractivity contribution in [2.24, 2.45) is 0 Å². The van der Waals surface area contributed by atoms with Gasteiger partial charge in [0.2, 0.25) is 10.0 Å². The van der Waals surface area contributed by atoms with E-state index in [-0.39, 0.29) is 0 Å². The average Bonchev–Trinajstić information content (AvgIpc) is 2.15. The van der Waals surface area contributed by atoms with Gasteiger partial charge < -0.3 is 0 Å². The van der Waals surface area contributed by atoms with E-state index in [9.17, 15) is 8.42 Å². The predicted octanol–water partition coefficient (Wildman–Crippen LogP) is 1.83. The highest BCUT2D eigenvalue weighted by Gasteiger charge is 2.40. The molecule has 0 aliphatic carbocycles. The van der Waals surface area contributed by atoms with Crippen LogP contribution in [0.5, 0.6) is 0 Å². The minimum atomic E-state index is -3.31. The molecule has 1 heterocycles. The first kappa shape index (κ1) is 10.6. The Kier molecular flexibility index (Phi) is 2.01. The first-order valence-electron chi connectivity index (χ1n) is 4.90. The van der Waals surface area contributed by atoms with Crippen molar-refractivity contribution in [3.63, 3.8) is 0 Å². The van der Waals surface area contributed by atoms with E-state index in [0.717, 1.165) is 16.7 Å². The number of rotatable bonds is 0. The number of benzene rings is 1. The first-order chi connectivity index (χ1) is 6.74. The molecule has 4 heteroatoms. The molecule has 0 radical (unpaired) electrons. The molecule has 0 amide bonds. The monoisotopic (exact) mass is 225 g/mol. The van der Waals surface area contributed by atoms with Crippen LogP contribution in [0.2, 0.25) is 0 Å². The Morgan fingerprint density at radius 1 is 1.20 bits per heavy atom. The van der Waals surface area contributed by atoms with E-state index in [0.29, 0.717) is 4.90 Å². The average molecular weight is 225 g/mol. The van der Waals surface area contributed by atoms with Crippen molar-refractivity contribution in [1.82, 2.24) is 4.72 Å². The maximum absolute atomic E-state index is 11.9. The number of nitrogens with one attached hydrogen (secondary N) is 1. The Balaban J connectivity index is 2.88. The maximum Gasteiger partial charge on any atom is 0.241 e. The molecular weight excluding hydrogens is 210 g/mol. The van der Waals surface area contributed by atoms with E-state index in [4.69, 9.17) is 0 Å². The second-order valence-electron chi connectivity index (χ2n) is 4.69. The first-order valence-corrected chi connectivity index (χ1v) is 6.38. The van der Waals surface area contributed by atoms with Gasteiger partial charge in [-0.05, 0) is 38.8 Å². The molecule has 3 nitrogen and oxygen atoms in total. The molecule has 0 atom stereocenters. The zero-order chi connectivity index (χ0) is 11.4. The predicted molar refractivity (Wildman–Crippen MR) is 59.3 cm³/mol. The maximum atomic E-state index is 11.9. The van der Waals surface area contributed by atoms with E-state index in [1.807, 2.05) is 39.8 Å². The van der Waals surface area contributed by atoms with Crippen molar-refractivity contribution in [3.05, 3.63) is 28.8 Å². The highest BCUT2D eigenvalue weighted by molar-refractivity contribution is 7.90. The van der Waals surface area contributed by atoms with E-state index in [2.05, 4.69) is 4.72 Å². The Hall–Kier alpha value is -0.870. The van der Waals surface area contributed by atoms with Gasteiger partial charge >= 0.3 is 0 Å². The molecule has 1 aromatic rings. The van der Waals surface area contributed by atoms with Crippen molar-refractivity contribution in [2.75, 3.05) is 0 Å². The van der Waals surface area contributed by atoms with E-state index >= 15 is 0 Å². The summed E-state index contributed by atoms with van der Waals surface area (Å²) in [6, 6.07) is 3.85. The van der Waals surface area contributed by atoms with E-state index in [1.54, 1.807) is 0 Å². The summed E-state index contributed by atoms with van der Waals surface area (Å²) in [5, 5.41) is 0. The molecule has 1 aromatic carbocycles. The quantitative estimate of drug-likeness (QED) is 0.732. The smallest absolute Gasteiger partial charge is 0.207 e. The van der Waals surface area contributed by atoms with Crippen molar-refractivity contribution < 1.29 is 8.42 Å². The Labute approximate surface area is 90.6 Å². The van der Waals surface area contributed by atoms with Gasteiger partial charge in [0.25, 0.3) is 0 Å². The van der Waals surface area contributed by atoms with Gasteiger partial charge in [0.05, 0.1) is 10.4 Å². The molecular formula is C11H15NO2S. The van der Waals surface area contributed by atoms with Crippen LogP contribution >= 0.6 is 0 Å². The molecule has 1 aliphatic rings. The fourth-order valence-electron chi connectivity index (χ4n) is 2.22.